The van der Waals surface area contributed by atoms with Crippen LogP contribution in [0.3, 0.4) is 0 Å². The molecule has 0 spiro atoms. The molecule has 0 aliphatic carbocycles. The van der Waals surface area contributed by atoms with E-state index < -0.39 is 0 Å². The number of nitrogens with two attached hydrogens (primary N) is 1. The Kier molecular flexibility index (Phi) is 4.15. The Morgan fingerprint density at radius 3 is 2.92 bits per heavy atom. The predicted octanol–water partition coefficient (Wildman–Crippen LogP) is 1.95. The van der Waals surface area contributed by atoms with Gasteiger partial charge < -0.3 is 10.5 Å². The van der Waals surface area contributed by atoms with Crippen LogP contribution in [0, 0.1) is 5.82 Å². The van der Waals surface area contributed by atoms with E-state index in [-0.39, 0.29) is 5.82 Å². The largest absolute Gasteiger partial charge is 0.375 e. The monoisotopic (exact) mass is 203 g/mol. The van der Waals surface area contributed by atoms with Gasteiger partial charge in [-0.1, -0.05) is 11.6 Å². The summed E-state index contributed by atoms with van der Waals surface area (Å²) in [5, 5.41) is 0.512. The number of halogens is 2. The first kappa shape index (κ1) is 10.4. The molecule has 4 heteroatoms. The number of hydrogen-bond acceptors (Lipinski definition) is 2. The molecule has 0 radical (unpaired) electrons. The molecule has 1 aromatic rings. The van der Waals surface area contributed by atoms with Crippen molar-refractivity contribution >= 4 is 11.6 Å². The second-order valence-electron chi connectivity index (χ2n) is 2.58. The third-order valence-corrected chi connectivity index (χ3v) is 1.90. The molecule has 0 heterocycles. The molecule has 0 amide bonds. The van der Waals surface area contributed by atoms with Gasteiger partial charge in [-0.25, -0.2) is 4.39 Å². The van der Waals surface area contributed by atoms with E-state index in [4.69, 9.17) is 22.1 Å². The van der Waals surface area contributed by atoms with Crippen molar-refractivity contribution in [2.24, 2.45) is 5.73 Å². The Morgan fingerprint density at radius 1 is 1.46 bits per heavy atom. The first-order chi connectivity index (χ1) is 6.24. The van der Waals surface area contributed by atoms with E-state index in [9.17, 15) is 4.39 Å². The topological polar surface area (TPSA) is 35.2 Å². The fourth-order valence-electron chi connectivity index (χ4n) is 0.919. The van der Waals surface area contributed by atoms with Crippen LogP contribution in [0.5, 0.6) is 0 Å². The third kappa shape index (κ3) is 3.30. The second-order valence-corrected chi connectivity index (χ2v) is 2.98. The van der Waals surface area contributed by atoms with Crippen molar-refractivity contribution in [1.82, 2.24) is 0 Å². The molecule has 72 valence electrons. The molecule has 1 rings (SSSR count). The highest BCUT2D eigenvalue weighted by Crippen LogP contribution is 2.17. The van der Waals surface area contributed by atoms with E-state index in [1.165, 1.54) is 18.2 Å². The lowest BCUT2D eigenvalue weighted by Crippen LogP contribution is -2.08. The number of ether oxygens (including phenoxy) is 1. The van der Waals surface area contributed by atoms with Crippen molar-refractivity contribution < 1.29 is 9.13 Å². The van der Waals surface area contributed by atoms with Gasteiger partial charge in [-0.3, -0.25) is 0 Å². The fraction of sp³-hybridized carbons (Fsp3) is 0.333. The fourth-order valence-corrected chi connectivity index (χ4v) is 1.09. The van der Waals surface area contributed by atoms with Crippen molar-refractivity contribution in [3.8, 4) is 0 Å². The van der Waals surface area contributed by atoms with Crippen LogP contribution < -0.4 is 5.73 Å². The van der Waals surface area contributed by atoms with Gasteiger partial charge in [0.2, 0.25) is 0 Å². The smallest absolute Gasteiger partial charge is 0.123 e. The maximum atomic E-state index is 12.7. The highest BCUT2D eigenvalue weighted by Gasteiger charge is 2.01. The van der Waals surface area contributed by atoms with E-state index in [0.29, 0.717) is 30.3 Å². The van der Waals surface area contributed by atoms with Crippen LogP contribution in [-0.2, 0) is 11.3 Å². The molecule has 13 heavy (non-hydrogen) atoms. The lowest BCUT2D eigenvalue weighted by atomic mass is 10.2. The lowest BCUT2D eigenvalue weighted by molar-refractivity contribution is 0.128. The van der Waals surface area contributed by atoms with Crippen molar-refractivity contribution in [3.05, 3.63) is 34.6 Å². The zero-order chi connectivity index (χ0) is 9.68. The van der Waals surface area contributed by atoms with Crippen molar-refractivity contribution in [1.29, 1.82) is 0 Å². The second kappa shape index (κ2) is 5.17. The first-order valence-corrected chi connectivity index (χ1v) is 4.33. The average Bonchev–Trinajstić information content (AvgIpc) is 2.11. The maximum absolute atomic E-state index is 12.7. The van der Waals surface area contributed by atoms with Crippen molar-refractivity contribution in [3.63, 3.8) is 0 Å². The van der Waals surface area contributed by atoms with E-state index in [1.807, 2.05) is 0 Å². The molecule has 0 saturated heterocycles. The third-order valence-electron chi connectivity index (χ3n) is 1.53. The Balaban J connectivity index is 2.59. The molecule has 0 saturated carbocycles. The van der Waals surface area contributed by atoms with Crippen molar-refractivity contribution in [2.45, 2.75) is 6.61 Å². The van der Waals surface area contributed by atoms with Gasteiger partial charge in [0.1, 0.15) is 5.82 Å². The molecular formula is C9H11ClFNO. The van der Waals surface area contributed by atoms with E-state index in [1.54, 1.807) is 0 Å². The van der Waals surface area contributed by atoms with Gasteiger partial charge in [-0.2, -0.15) is 0 Å². The van der Waals surface area contributed by atoms with E-state index in [2.05, 4.69) is 0 Å². The summed E-state index contributed by atoms with van der Waals surface area (Å²) in [7, 11) is 0. The first-order valence-electron chi connectivity index (χ1n) is 3.96. The molecule has 0 aliphatic heterocycles. The molecule has 0 atom stereocenters. The summed E-state index contributed by atoms with van der Waals surface area (Å²) >= 11 is 5.80. The lowest BCUT2D eigenvalue weighted by Gasteiger charge is -2.04. The summed E-state index contributed by atoms with van der Waals surface area (Å²) in [6, 6.07) is 4.19. The molecule has 2 N–H and O–H groups in total. The van der Waals surface area contributed by atoms with Crippen LogP contribution in [-0.4, -0.2) is 13.2 Å². The standard InChI is InChI=1S/C9H11ClFNO/c10-9-2-1-8(11)5-7(9)6-13-4-3-12/h1-2,5H,3-4,6,12H2. The van der Waals surface area contributed by atoms with E-state index >= 15 is 0 Å². The van der Waals surface area contributed by atoms with Crippen LogP contribution in [0.25, 0.3) is 0 Å². The SMILES string of the molecule is NCCOCc1cc(F)ccc1Cl. The van der Waals surface area contributed by atoms with Gasteiger partial charge in [0, 0.05) is 11.6 Å². The Morgan fingerprint density at radius 2 is 2.23 bits per heavy atom. The van der Waals surface area contributed by atoms with Gasteiger partial charge in [-0.05, 0) is 23.8 Å². The Hall–Kier alpha value is -0.640. The number of hydrogen-bond donors (Lipinski definition) is 1. The van der Waals surface area contributed by atoms with Gasteiger partial charge in [0.15, 0.2) is 0 Å². The Bertz CT molecular complexity index is 280. The summed E-state index contributed by atoms with van der Waals surface area (Å²) < 4.78 is 17.8. The van der Waals surface area contributed by atoms with Gasteiger partial charge in [0.25, 0.3) is 0 Å². The molecule has 0 bridgehead atoms. The molecule has 0 unspecified atom stereocenters. The van der Waals surface area contributed by atoms with Crippen molar-refractivity contribution in [2.75, 3.05) is 13.2 Å². The molecular weight excluding hydrogens is 193 g/mol. The number of benzene rings is 1. The summed E-state index contributed by atoms with van der Waals surface area (Å²) in [6.45, 7) is 1.20. The normalized spacial score (nSPS) is 10.4. The van der Waals surface area contributed by atoms with Crippen LogP contribution >= 0.6 is 11.6 Å². The molecule has 0 aromatic heterocycles. The summed E-state index contributed by atoms with van der Waals surface area (Å²) in [5.74, 6) is -0.309. The molecule has 2 nitrogen and oxygen atoms in total. The summed E-state index contributed by atoms with van der Waals surface area (Å²) in [4.78, 5) is 0. The van der Waals surface area contributed by atoms with Gasteiger partial charge in [0.05, 0.1) is 13.2 Å². The summed E-state index contributed by atoms with van der Waals surface area (Å²) in [5.41, 5.74) is 5.88. The van der Waals surface area contributed by atoms with Gasteiger partial charge >= 0.3 is 0 Å². The molecule has 1 aromatic carbocycles. The molecule has 0 fully saturated rings. The highest BCUT2D eigenvalue weighted by atomic mass is 35.5. The van der Waals surface area contributed by atoms with Crippen LogP contribution in [0.4, 0.5) is 4.39 Å². The zero-order valence-corrected chi connectivity index (χ0v) is 7.85. The van der Waals surface area contributed by atoms with Gasteiger partial charge in [-0.15, -0.1) is 0 Å². The maximum Gasteiger partial charge on any atom is 0.123 e. The predicted molar refractivity (Wildman–Crippen MR) is 50.1 cm³/mol. The quantitative estimate of drug-likeness (QED) is 0.760. The average molecular weight is 204 g/mol. The minimum absolute atomic E-state index is 0.299. The Labute approximate surface area is 81.4 Å². The molecule has 0 aliphatic rings. The minimum Gasteiger partial charge on any atom is -0.375 e. The van der Waals surface area contributed by atoms with Crippen LogP contribution in [0.2, 0.25) is 5.02 Å². The van der Waals surface area contributed by atoms with Crippen LogP contribution in [0.1, 0.15) is 5.56 Å². The zero-order valence-electron chi connectivity index (χ0n) is 7.09. The number of rotatable bonds is 4. The minimum atomic E-state index is -0.309. The van der Waals surface area contributed by atoms with Crippen LogP contribution in [0.15, 0.2) is 18.2 Å². The highest BCUT2D eigenvalue weighted by molar-refractivity contribution is 6.31. The summed E-state index contributed by atoms with van der Waals surface area (Å²) in [6.07, 6.45) is 0. The van der Waals surface area contributed by atoms with E-state index in [0.717, 1.165) is 0 Å².